The fourth-order valence-corrected chi connectivity index (χ4v) is 3.59. The van der Waals surface area contributed by atoms with E-state index in [-0.39, 0.29) is 38.0 Å². The molecule has 1 heterocycles. The van der Waals surface area contributed by atoms with E-state index in [2.05, 4.69) is 5.32 Å². The summed E-state index contributed by atoms with van der Waals surface area (Å²) in [5, 5.41) is 2.68. The first-order chi connectivity index (χ1) is 12.8. The molecule has 0 aromatic heterocycles. The molecule has 1 aliphatic heterocycles. The molecule has 9 heteroatoms. The Morgan fingerprint density at radius 1 is 1.15 bits per heavy atom. The molecule has 3 rings (SSSR count). The number of benzene rings is 2. The van der Waals surface area contributed by atoms with E-state index in [0.717, 1.165) is 6.26 Å². The van der Waals surface area contributed by atoms with Crippen LogP contribution in [0, 0.1) is 5.82 Å². The van der Waals surface area contributed by atoms with Gasteiger partial charge in [-0.1, -0.05) is 12.1 Å². The van der Waals surface area contributed by atoms with Crippen LogP contribution in [-0.2, 0) is 21.2 Å². The molecule has 0 bridgehead atoms. The van der Waals surface area contributed by atoms with Gasteiger partial charge in [0.15, 0.2) is 11.5 Å². The molecule has 0 aliphatic carbocycles. The highest BCUT2D eigenvalue weighted by Crippen LogP contribution is 2.35. The van der Waals surface area contributed by atoms with Gasteiger partial charge in [-0.05, 0) is 29.8 Å². The maximum absolute atomic E-state index is 12.9. The summed E-state index contributed by atoms with van der Waals surface area (Å²) in [5.41, 5.74) is 1.10. The minimum Gasteiger partial charge on any atom is -0.454 e. The summed E-state index contributed by atoms with van der Waals surface area (Å²) >= 11 is 0. The van der Waals surface area contributed by atoms with Crippen molar-refractivity contribution in [2.75, 3.05) is 30.4 Å². The Balaban J connectivity index is 1.60. The average Bonchev–Trinajstić information content (AvgIpc) is 3.07. The summed E-state index contributed by atoms with van der Waals surface area (Å²) in [5.74, 6) is 0.383. The van der Waals surface area contributed by atoms with Crippen molar-refractivity contribution in [1.82, 2.24) is 5.32 Å². The number of ether oxygens (including phenoxy) is 2. The zero-order valence-corrected chi connectivity index (χ0v) is 15.5. The van der Waals surface area contributed by atoms with E-state index in [1.165, 1.54) is 28.6 Å². The predicted octanol–water partition coefficient (Wildman–Crippen LogP) is 1.68. The van der Waals surface area contributed by atoms with Crippen LogP contribution in [-0.4, -0.2) is 40.5 Å². The van der Waals surface area contributed by atoms with E-state index >= 15 is 0 Å². The van der Waals surface area contributed by atoms with Crippen LogP contribution >= 0.6 is 0 Å². The Labute approximate surface area is 156 Å². The Bertz CT molecular complexity index is 931. The zero-order chi connectivity index (χ0) is 19.4. The van der Waals surface area contributed by atoms with Gasteiger partial charge in [0.05, 0.1) is 24.9 Å². The second kappa shape index (κ2) is 7.83. The number of amides is 1. The molecular weight excluding hydrogens is 375 g/mol. The number of anilines is 1. The Kier molecular flexibility index (Phi) is 5.50. The quantitative estimate of drug-likeness (QED) is 0.772. The number of hydrogen-bond donors (Lipinski definition) is 1. The van der Waals surface area contributed by atoms with Crippen LogP contribution in [0.1, 0.15) is 5.56 Å². The molecule has 0 spiro atoms. The van der Waals surface area contributed by atoms with Crippen LogP contribution in [0.5, 0.6) is 11.5 Å². The smallest absolute Gasteiger partial charge is 0.232 e. The highest BCUT2D eigenvalue weighted by Gasteiger charge is 2.21. The van der Waals surface area contributed by atoms with Crippen LogP contribution in [0.15, 0.2) is 42.5 Å². The SMILES string of the molecule is CS(=O)(=O)N(CCNC(=O)Cc1ccc(F)cc1)c1ccc2c(c1)OCO2. The summed E-state index contributed by atoms with van der Waals surface area (Å²) in [6.07, 6.45) is 1.18. The van der Waals surface area contributed by atoms with Crippen molar-refractivity contribution in [3.8, 4) is 11.5 Å². The number of rotatable bonds is 7. The number of nitrogens with one attached hydrogen (secondary N) is 1. The molecule has 0 fully saturated rings. The second-order valence-corrected chi connectivity index (χ2v) is 7.93. The molecule has 0 saturated heterocycles. The van der Waals surface area contributed by atoms with Crippen LogP contribution < -0.4 is 19.1 Å². The third-order valence-electron chi connectivity index (χ3n) is 3.96. The Hall–Kier alpha value is -2.81. The molecule has 27 heavy (non-hydrogen) atoms. The molecule has 7 nitrogen and oxygen atoms in total. The minimum atomic E-state index is -3.55. The van der Waals surface area contributed by atoms with Gasteiger partial charge in [0.2, 0.25) is 22.7 Å². The molecular formula is C18H19FN2O5S. The second-order valence-electron chi connectivity index (χ2n) is 6.03. The van der Waals surface area contributed by atoms with Gasteiger partial charge in [-0.25, -0.2) is 12.8 Å². The molecule has 1 aliphatic rings. The molecule has 144 valence electrons. The van der Waals surface area contributed by atoms with Gasteiger partial charge in [0.1, 0.15) is 5.82 Å². The van der Waals surface area contributed by atoms with Crippen molar-refractivity contribution < 1.29 is 27.1 Å². The summed E-state index contributed by atoms with van der Waals surface area (Å²) < 4.78 is 48.9. The average molecular weight is 394 g/mol. The summed E-state index contributed by atoms with van der Waals surface area (Å²) in [6, 6.07) is 10.5. The Morgan fingerprint density at radius 3 is 2.56 bits per heavy atom. The molecule has 0 atom stereocenters. The molecule has 0 unspecified atom stereocenters. The fourth-order valence-electron chi connectivity index (χ4n) is 2.67. The third kappa shape index (κ3) is 4.88. The molecule has 2 aromatic rings. The maximum Gasteiger partial charge on any atom is 0.232 e. The first-order valence-electron chi connectivity index (χ1n) is 8.21. The summed E-state index contributed by atoms with van der Waals surface area (Å²) in [4.78, 5) is 12.0. The number of nitrogens with zero attached hydrogens (tertiary/aromatic N) is 1. The lowest BCUT2D eigenvalue weighted by Gasteiger charge is -2.22. The monoisotopic (exact) mass is 394 g/mol. The largest absolute Gasteiger partial charge is 0.454 e. The standard InChI is InChI=1S/C18H19FN2O5S/c1-27(23,24)21(15-6-7-16-17(11-15)26-12-25-16)9-8-20-18(22)10-13-2-4-14(19)5-3-13/h2-7,11H,8-10,12H2,1H3,(H,20,22). The highest BCUT2D eigenvalue weighted by atomic mass is 32.2. The van der Waals surface area contributed by atoms with Crippen LogP contribution in [0.4, 0.5) is 10.1 Å². The zero-order valence-electron chi connectivity index (χ0n) is 14.6. The van der Waals surface area contributed by atoms with Gasteiger partial charge in [-0.15, -0.1) is 0 Å². The van der Waals surface area contributed by atoms with Gasteiger partial charge in [-0.3, -0.25) is 9.10 Å². The number of hydrogen-bond acceptors (Lipinski definition) is 5. The van der Waals surface area contributed by atoms with Crippen molar-refractivity contribution in [2.24, 2.45) is 0 Å². The maximum atomic E-state index is 12.9. The molecule has 2 aromatic carbocycles. The van der Waals surface area contributed by atoms with Gasteiger partial charge >= 0.3 is 0 Å². The van der Waals surface area contributed by atoms with Gasteiger partial charge < -0.3 is 14.8 Å². The number of sulfonamides is 1. The normalized spacial score (nSPS) is 12.7. The lowest BCUT2D eigenvalue weighted by molar-refractivity contribution is -0.120. The van der Waals surface area contributed by atoms with Crippen LogP contribution in [0.3, 0.4) is 0 Å². The van der Waals surface area contributed by atoms with Crippen LogP contribution in [0.2, 0.25) is 0 Å². The van der Waals surface area contributed by atoms with Crippen molar-refractivity contribution in [1.29, 1.82) is 0 Å². The third-order valence-corrected chi connectivity index (χ3v) is 5.15. The molecule has 0 saturated carbocycles. The van der Waals surface area contributed by atoms with Gasteiger partial charge in [0.25, 0.3) is 0 Å². The van der Waals surface area contributed by atoms with E-state index < -0.39 is 10.0 Å². The van der Waals surface area contributed by atoms with E-state index in [4.69, 9.17) is 9.47 Å². The minimum absolute atomic E-state index is 0.0631. The van der Waals surface area contributed by atoms with E-state index in [9.17, 15) is 17.6 Å². The number of carbonyl (C=O) groups is 1. The fraction of sp³-hybridized carbons (Fsp3) is 0.278. The van der Waals surface area contributed by atoms with Crippen molar-refractivity contribution in [2.45, 2.75) is 6.42 Å². The number of carbonyl (C=O) groups excluding carboxylic acids is 1. The molecule has 1 amide bonds. The van der Waals surface area contributed by atoms with Gasteiger partial charge in [-0.2, -0.15) is 0 Å². The van der Waals surface area contributed by atoms with Crippen molar-refractivity contribution in [3.63, 3.8) is 0 Å². The first-order valence-corrected chi connectivity index (χ1v) is 10.1. The number of fused-ring (bicyclic) bond motifs is 1. The van der Waals surface area contributed by atoms with Gasteiger partial charge in [0, 0.05) is 12.6 Å². The first kappa shape index (κ1) is 19.0. The van der Waals surface area contributed by atoms with Crippen LogP contribution in [0.25, 0.3) is 0 Å². The molecule has 1 N–H and O–H groups in total. The molecule has 0 radical (unpaired) electrons. The summed E-state index contributed by atoms with van der Waals surface area (Å²) in [7, 11) is -3.55. The predicted molar refractivity (Wildman–Crippen MR) is 97.9 cm³/mol. The summed E-state index contributed by atoms with van der Waals surface area (Å²) in [6.45, 7) is 0.284. The Morgan fingerprint density at radius 2 is 1.85 bits per heavy atom. The lowest BCUT2D eigenvalue weighted by atomic mass is 10.1. The van der Waals surface area contributed by atoms with Crippen molar-refractivity contribution >= 4 is 21.6 Å². The number of halogens is 1. The van der Waals surface area contributed by atoms with E-state index in [1.807, 2.05) is 0 Å². The van der Waals surface area contributed by atoms with E-state index in [0.29, 0.717) is 22.7 Å². The lowest BCUT2D eigenvalue weighted by Crippen LogP contribution is -2.38. The van der Waals surface area contributed by atoms with E-state index in [1.54, 1.807) is 18.2 Å². The topological polar surface area (TPSA) is 84.9 Å². The highest BCUT2D eigenvalue weighted by molar-refractivity contribution is 7.92. The van der Waals surface area contributed by atoms with Crippen molar-refractivity contribution in [3.05, 3.63) is 53.8 Å².